The molecule has 0 saturated heterocycles. The van der Waals surface area contributed by atoms with Crippen LogP contribution in [0.25, 0.3) is 0 Å². The van der Waals surface area contributed by atoms with Crippen molar-refractivity contribution in [2.75, 3.05) is 0 Å². The van der Waals surface area contributed by atoms with E-state index in [9.17, 15) is 23.3 Å². The highest BCUT2D eigenvalue weighted by molar-refractivity contribution is 7.85. The first-order valence-electron chi connectivity index (χ1n) is 9.80. The van der Waals surface area contributed by atoms with Gasteiger partial charge >= 0.3 is 5.97 Å². The standard InChI is InChI=1S/C16H16N2O4.C7H8O3S/c17-15(10-12-6-8-14(9-7-12)18(20)21)16(19)22-11-13-4-2-1-3-5-13;1-6-2-4-7(5-3-6)11(8,9)10/h1-9,15H,10-11,17H2;2-5H,1H3,(H,8,9,10)/t15-;/m0./s1. The number of rotatable bonds is 7. The van der Waals surface area contributed by atoms with Crippen molar-refractivity contribution in [3.05, 3.63) is 106 Å². The molecule has 0 bridgehead atoms. The zero-order valence-electron chi connectivity index (χ0n) is 17.8. The Hall–Kier alpha value is -3.60. The van der Waals surface area contributed by atoms with E-state index in [0.717, 1.165) is 16.7 Å². The van der Waals surface area contributed by atoms with Gasteiger partial charge < -0.3 is 10.5 Å². The molecular formula is C23H24N2O7S. The van der Waals surface area contributed by atoms with Crippen LogP contribution in [0.1, 0.15) is 16.7 Å². The monoisotopic (exact) mass is 472 g/mol. The topological polar surface area (TPSA) is 150 Å². The molecule has 0 unspecified atom stereocenters. The first-order chi connectivity index (χ1) is 15.6. The van der Waals surface area contributed by atoms with Gasteiger partial charge in [0.05, 0.1) is 9.82 Å². The van der Waals surface area contributed by atoms with E-state index in [-0.39, 0.29) is 23.6 Å². The Morgan fingerprint density at radius 2 is 1.58 bits per heavy atom. The van der Waals surface area contributed by atoms with Crippen LogP contribution in [0.3, 0.4) is 0 Å². The van der Waals surface area contributed by atoms with Crippen molar-refractivity contribution < 1.29 is 27.4 Å². The van der Waals surface area contributed by atoms with Gasteiger partial charge in [-0.1, -0.05) is 60.2 Å². The van der Waals surface area contributed by atoms with Gasteiger partial charge in [0.2, 0.25) is 0 Å². The normalized spacial score (nSPS) is 11.6. The molecule has 0 aliphatic carbocycles. The van der Waals surface area contributed by atoms with Crippen molar-refractivity contribution in [3.63, 3.8) is 0 Å². The zero-order valence-corrected chi connectivity index (χ0v) is 18.6. The summed E-state index contributed by atoms with van der Waals surface area (Å²) in [6, 6.07) is 20.4. The van der Waals surface area contributed by atoms with Crippen LogP contribution in [-0.4, -0.2) is 29.9 Å². The van der Waals surface area contributed by atoms with E-state index in [1.165, 1.54) is 24.3 Å². The number of ether oxygens (including phenoxy) is 1. The van der Waals surface area contributed by atoms with Gasteiger partial charge in [-0.15, -0.1) is 0 Å². The molecule has 0 radical (unpaired) electrons. The number of aryl methyl sites for hydroxylation is 1. The average Bonchev–Trinajstić information content (AvgIpc) is 2.78. The summed E-state index contributed by atoms with van der Waals surface area (Å²) in [6.07, 6.45) is 0.269. The summed E-state index contributed by atoms with van der Waals surface area (Å²) < 4.78 is 34.7. The average molecular weight is 473 g/mol. The third-order valence-corrected chi connectivity index (χ3v) is 5.32. The molecule has 0 aliphatic heterocycles. The van der Waals surface area contributed by atoms with Gasteiger partial charge in [0.25, 0.3) is 15.8 Å². The van der Waals surface area contributed by atoms with Crippen LogP contribution in [0.5, 0.6) is 0 Å². The largest absolute Gasteiger partial charge is 0.460 e. The van der Waals surface area contributed by atoms with E-state index < -0.39 is 27.1 Å². The maximum Gasteiger partial charge on any atom is 0.323 e. The predicted octanol–water partition coefficient (Wildman–Crippen LogP) is 3.45. The lowest BCUT2D eigenvalue weighted by Crippen LogP contribution is -2.34. The number of nitrogens with two attached hydrogens (primary N) is 1. The number of carbonyl (C=O) groups is 1. The number of nitrogens with zero attached hydrogens (tertiary/aromatic N) is 1. The highest BCUT2D eigenvalue weighted by atomic mass is 32.2. The molecule has 0 amide bonds. The van der Waals surface area contributed by atoms with Crippen LogP contribution in [0.15, 0.2) is 83.8 Å². The molecule has 3 rings (SSSR count). The summed E-state index contributed by atoms with van der Waals surface area (Å²) in [5.74, 6) is -0.498. The second kappa shape index (κ2) is 11.9. The Morgan fingerprint density at radius 3 is 2.09 bits per heavy atom. The Kier molecular flexibility index (Phi) is 9.22. The fourth-order valence-electron chi connectivity index (χ4n) is 2.64. The number of nitro groups is 1. The van der Waals surface area contributed by atoms with Crippen LogP contribution >= 0.6 is 0 Å². The summed E-state index contributed by atoms with van der Waals surface area (Å²) in [5.41, 5.74) is 8.39. The molecule has 3 aromatic rings. The fourth-order valence-corrected chi connectivity index (χ4v) is 3.12. The molecule has 0 spiro atoms. The predicted molar refractivity (Wildman–Crippen MR) is 122 cm³/mol. The smallest absolute Gasteiger partial charge is 0.323 e. The summed E-state index contributed by atoms with van der Waals surface area (Å²) in [6.45, 7) is 2.02. The molecule has 9 nitrogen and oxygen atoms in total. The number of hydrogen-bond acceptors (Lipinski definition) is 7. The lowest BCUT2D eigenvalue weighted by molar-refractivity contribution is -0.384. The van der Waals surface area contributed by atoms with E-state index in [0.29, 0.717) is 0 Å². The van der Waals surface area contributed by atoms with E-state index in [4.69, 9.17) is 15.0 Å². The highest BCUT2D eigenvalue weighted by Crippen LogP contribution is 2.13. The zero-order chi connectivity index (χ0) is 24.4. The number of esters is 1. The highest BCUT2D eigenvalue weighted by Gasteiger charge is 2.16. The Bertz CT molecular complexity index is 1160. The molecule has 174 valence electrons. The molecule has 0 heterocycles. The first kappa shape index (κ1) is 25.7. The number of hydrogen-bond donors (Lipinski definition) is 2. The minimum atomic E-state index is -4.02. The van der Waals surface area contributed by atoms with Gasteiger partial charge in [-0.05, 0) is 36.6 Å². The molecule has 3 N–H and O–H groups in total. The van der Waals surface area contributed by atoms with Gasteiger partial charge in [-0.2, -0.15) is 8.42 Å². The minimum Gasteiger partial charge on any atom is -0.460 e. The van der Waals surface area contributed by atoms with E-state index in [1.807, 2.05) is 37.3 Å². The van der Waals surface area contributed by atoms with Crippen molar-refractivity contribution in [1.82, 2.24) is 0 Å². The fraction of sp³-hybridized carbons (Fsp3) is 0.174. The van der Waals surface area contributed by atoms with Crippen molar-refractivity contribution in [3.8, 4) is 0 Å². The second-order valence-corrected chi connectivity index (χ2v) is 8.54. The third kappa shape index (κ3) is 8.81. The van der Waals surface area contributed by atoms with Crippen LogP contribution < -0.4 is 5.73 Å². The molecule has 10 heteroatoms. The molecule has 0 aromatic heterocycles. The van der Waals surface area contributed by atoms with Crippen LogP contribution in [-0.2, 0) is 32.7 Å². The molecule has 1 atom stereocenters. The molecule has 0 saturated carbocycles. The maximum atomic E-state index is 11.8. The van der Waals surface area contributed by atoms with Crippen molar-refractivity contribution in [2.24, 2.45) is 5.73 Å². The summed E-state index contributed by atoms with van der Waals surface area (Å²) in [7, 11) is -4.02. The summed E-state index contributed by atoms with van der Waals surface area (Å²) >= 11 is 0. The molecular weight excluding hydrogens is 448 g/mol. The first-order valence-corrected chi connectivity index (χ1v) is 11.2. The van der Waals surface area contributed by atoms with Gasteiger partial charge in [0.1, 0.15) is 12.6 Å². The Balaban J connectivity index is 0.000000294. The van der Waals surface area contributed by atoms with Gasteiger partial charge in [-0.25, -0.2) is 0 Å². The SMILES string of the molecule is Cc1ccc(S(=O)(=O)O)cc1.N[C@@H](Cc1ccc([N+](=O)[O-])cc1)C(=O)OCc1ccccc1. The maximum absolute atomic E-state index is 11.8. The third-order valence-electron chi connectivity index (χ3n) is 4.45. The quantitative estimate of drug-likeness (QED) is 0.230. The number of benzene rings is 3. The summed E-state index contributed by atoms with van der Waals surface area (Å²) in [4.78, 5) is 21.9. The van der Waals surface area contributed by atoms with Crippen LogP contribution in [0, 0.1) is 17.0 Å². The molecule has 3 aromatic carbocycles. The van der Waals surface area contributed by atoms with E-state index >= 15 is 0 Å². The lowest BCUT2D eigenvalue weighted by Gasteiger charge is -2.11. The van der Waals surface area contributed by atoms with Crippen molar-refractivity contribution >= 4 is 21.8 Å². The Morgan fingerprint density at radius 1 is 1.00 bits per heavy atom. The molecule has 0 fully saturated rings. The van der Waals surface area contributed by atoms with Gasteiger partial charge in [-0.3, -0.25) is 19.5 Å². The van der Waals surface area contributed by atoms with Crippen LogP contribution in [0.2, 0.25) is 0 Å². The summed E-state index contributed by atoms with van der Waals surface area (Å²) in [5, 5.41) is 10.6. The van der Waals surface area contributed by atoms with Crippen LogP contribution in [0.4, 0.5) is 5.69 Å². The number of nitro benzene ring substituents is 1. The van der Waals surface area contributed by atoms with Crippen molar-refractivity contribution in [1.29, 1.82) is 0 Å². The van der Waals surface area contributed by atoms with Crippen molar-refractivity contribution in [2.45, 2.75) is 30.9 Å². The minimum absolute atomic E-state index is 0.00368. The molecule has 0 aliphatic rings. The lowest BCUT2D eigenvalue weighted by atomic mass is 10.1. The number of carbonyl (C=O) groups excluding carboxylic acids is 1. The number of non-ortho nitro benzene ring substituents is 1. The Labute approximate surface area is 191 Å². The molecule has 33 heavy (non-hydrogen) atoms. The van der Waals surface area contributed by atoms with Gasteiger partial charge in [0, 0.05) is 12.1 Å². The van der Waals surface area contributed by atoms with E-state index in [1.54, 1.807) is 24.3 Å². The van der Waals surface area contributed by atoms with Gasteiger partial charge in [0.15, 0.2) is 0 Å². The second-order valence-electron chi connectivity index (χ2n) is 7.12. The van der Waals surface area contributed by atoms with E-state index in [2.05, 4.69) is 0 Å².